The van der Waals surface area contributed by atoms with Gasteiger partial charge < -0.3 is 0 Å². The summed E-state index contributed by atoms with van der Waals surface area (Å²) < 4.78 is 0. The number of nitrogens with two attached hydrogens (primary N) is 1. The standard InChI is InChI=1S/C15H22N4/c1-15(2,3)7-6-12(19-16)11-4-5-13-14(10-11)18-9-8-17-13/h4-5,8-10,12,19H,6-7,16H2,1-3H3. The Labute approximate surface area is 114 Å². The molecule has 0 radical (unpaired) electrons. The van der Waals surface area contributed by atoms with Gasteiger partial charge in [-0.15, -0.1) is 0 Å². The predicted molar refractivity (Wildman–Crippen MR) is 78.3 cm³/mol. The number of nitrogens with one attached hydrogen (secondary N) is 1. The molecule has 4 heteroatoms. The van der Waals surface area contributed by atoms with Crippen molar-refractivity contribution in [2.45, 2.75) is 39.7 Å². The highest BCUT2D eigenvalue weighted by molar-refractivity contribution is 5.74. The van der Waals surface area contributed by atoms with Crippen molar-refractivity contribution >= 4 is 11.0 Å². The van der Waals surface area contributed by atoms with Gasteiger partial charge in [-0.05, 0) is 36.0 Å². The maximum Gasteiger partial charge on any atom is 0.0890 e. The summed E-state index contributed by atoms with van der Waals surface area (Å²) in [4.78, 5) is 8.61. The molecular formula is C15H22N4. The van der Waals surface area contributed by atoms with Crippen LogP contribution in [0, 0.1) is 5.41 Å². The van der Waals surface area contributed by atoms with E-state index in [1.165, 1.54) is 5.56 Å². The van der Waals surface area contributed by atoms with Gasteiger partial charge in [0.05, 0.1) is 11.0 Å². The number of hydrogen-bond acceptors (Lipinski definition) is 4. The first-order chi connectivity index (χ1) is 8.99. The number of nitrogens with zero attached hydrogens (tertiary/aromatic N) is 2. The molecule has 0 amide bonds. The number of rotatable bonds is 4. The van der Waals surface area contributed by atoms with E-state index in [0.717, 1.165) is 23.9 Å². The molecular weight excluding hydrogens is 236 g/mol. The van der Waals surface area contributed by atoms with Gasteiger partial charge in [-0.25, -0.2) is 0 Å². The second-order valence-electron chi connectivity index (χ2n) is 6.12. The summed E-state index contributed by atoms with van der Waals surface area (Å²) in [6, 6.07) is 6.30. The van der Waals surface area contributed by atoms with E-state index in [2.05, 4.69) is 48.3 Å². The van der Waals surface area contributed by atoms with Crippen molar-refractivity contribution in [2.24, 2.45) is 11.3 Å². The lowest BCUT2D eigenvalue weighted by atomic mass is 9.87. The summed E-state index contributed by atoms with van der Waals surface area (Å²) in [5.74, 6) is 5.69. The zero-order valence-corrected chi connectivity index (χ0v) is 11.9. The van der Waals surface area contributed by atoms with Crippen LogP contribution in [-0.4, -0.2) is 9.97 Å². The molecule has 0 aliphatic rings. The lowest BCUT2D eigenvalue weighted by molar-refractivity contribution is 0.333. The monoisotopic (exact) mass is 258 g/mol. The molecule has 4 nitrogen and oxygen atoms in total. The normalized spacial score (nSPS) is 13.7. The Morgan fingerprint density at radius 3 is 2.47 bits per heavy atom. The first kappa shape index (κ1) is 13.9. The fraction of sp³-hybridized carbons (Fsp3) is 0.467. The van der Waals surface area contributed by atoms with E-state index in [9.17, 15) is 0 Å². The summed E-state index contributed by atoms with van der Waals surface area (Å²) in [5.41, 5.74) is 6.21. The largest absolute Gasteiger partial charge is 0.271 e. The second-order valence-corrected chi connectivity index (χ2v) is 6.12. The fourth-order valence-corrected chi connectivity index (χ4v) is 2.12. The molecule has 102 valence electrons. The van der Waals surface area contributed by atoms with Crippen LogP contribution in [0.25, 0.3) is 11.0 Å². The molecule has 1 unspecified atom stereocenters. The van der Waals surface area contributed by atoms with Crippen LogP contribution in [0.3, 0.4) is 0 Å². The molecule has 0 fully saturated rings. The molecule has 0 bridgehead atoms. The van der Waals surface area contributed by atoms with Crippen LogP contribution in [0.2, 0.25) is 0 Å². The van der Waals surface area contributed by atoms with Crippen LogP contribution in [0.1, 0.15) is 45.2 Å². The zero-order chi connectivity index (χ0) is 13.9. The maximum absolute atomic E-state index is 5.69. The molecule has 1 heterocycles. The van der Waals surface area contributed by atoms with Gasteiger partial charge >= 0.3 is 0 Å². The van der Waals surface area contributed by atoms with Crippen LogP contribution in [0.5, 0.6) is 0 Å². The third kappa shape index (κ3) is 3.72. The molecule has 2 aromatic rings. The Morgan fingerprint density at radius 1 is 1.16 bits per heavy atom. The molecule has 1 atom stereocenters. The first-order valence-electron chi connectivity index (χ1n) is 6.66. The summed E-state index contributed by atoms with van der Waals surface area (Å²) in [6.07, 6.45) is 5.54. The van der Waals surface area contributed by atoms with Crippen molar-refractivity contribution in [2.75, 3.05) is 0 Å². The molecule has 0 spiro atoms. The first-order valence-corrected chi connectivity index (χ1v) is 6.66. The second kappa shape index (κ2) is 5.63. The van der Waals surface area contributed by atoms with Crippen molar-refractivity contribution in [3.8, 4) is 0 Å². The van der Waals surface area contributed by atoms with Gasteiger partial charge in [-0.2, -0.15) is 0 Å². The van der Waals surface area contributed by atoms with Crippen LogP contribution in [-0.2, 0) is 0 Å². The number of hydrazine groups is 1. The molecule has 0 saturated heterocycles. The van der Waals surface area contributed by atoms with Crippen molar-refractivity contribution < 1.29 is 0 Å². The molecule has 3 N–H and O–H groups in total. The van der Waals surface area contributed by atoms with Crippen LogP contribution in [0.4, 0.5) is 0 Å². The topological polar surface area (TPSA) is 63.8 Å². The predicted octanol–water partition coefficient (Wildman–Crippen LogP) is 2.96. The molecule has 19 heavy (non-hydrogen) atoms. The minimum absolute atomic E-state index is 0.158. The highest BCUT2D eigenvalue weighted by atomic mass is 15.2. The van der Waals surface area contributed by atoms with Gasteiger partial charge in [0.25, 0.3) is 0 Å². The SMILES string of the molecule is CC(C)(C)CCC(NN)c1ccc2nccnc2c1. The smallest absolute Gasteiger partial charge is 0.0890 e. The Bertz CT molecular complexity index is 545. The lowest BCUT2D eigenvalue weighted by Gasteiger charge is -2.23. The average Bonchev–Trinajstić information content (AvgIpc) is 2.38. The number of aromatic nitrogens is 2. The molecule has 1 aromatic heterocycles. The minimum atomic E-state index is 0.158. The van der Waals surface area contributed by atoms with Gasteiger partial charge in [-0.1, -0.05) is 26.8 Å². The summed E-state index contributed by atoms with van der Waals surface area (Å²) >= 11 is 0. The fourth-order valence-electron chi connectivity index (χ4n) is 2.12. The number of hydrogen-bond donors (Lipinski definition) is 2. The highest BCUT2D eigenvalue weighted by Gasteiger charge is 2.16. The van der Waals surface area contributed by atoms with Gasteiger partial charge in [0.15, 0.2) is 0 Å². The third-order valence-electron chi connectivity index (χ3n) is 3.28. The van der Waals surface area contributed by atoms with E-state index in [1.54, 1.807) is 12.4 Å². The summed E-state index contributed by atoms with van der Waals surface area (Å²) in [5, 5.41) is 0. The van der Waals surface area contributed by atoms with E-state index in [4.69, 9.17) is 5.84 Å². The zero-order valence-electron chi connectivity index (χ0n) is 11.9. The van der Waals surface area contributed by atoms with Crippen molar-refractivity contribution in [3.63, 3.8) is 0 Å². The van der Waals surface area contributed by atoms with Gasteiger partial charge in [0.1, 0.15) is 0 Å². The average molecular weight is 258 g/mol. The van der Waals surface area contributed by atoms with Gasteiger partial charge in [0, 0.05) is 18.4 Å². The molecule has 2 rings (SSSR count). The van der Waals surface area contributed by atoms with E-state index < -0.39 is 0 Å². The number of fused-ring (bicyclic) bond motifs is 1. The maximum atomic E-state index is 5.69. The van der Waals surface area contributed by atoms with Crippen LogP contribution < -0.4 is 11.3 Å². The summed E-state index contributed by atoms with van der Waals surface area (Å²) in [6.45, 7) is 6.73. The molecule has 0 aliphatic carbocycles. The molecule has 1 aromatic carbocycles. The quantitative estimate of drug-likeness (QED) is 0.653. The third-order valence-corrected chi connectivity index (χ3v) is 3.28. The summed E-state index contributed by atoms with van der Waals surface area (Å²) in [7, 11) is 0. The van der Waals surface area contributed by atoms with E-state index >= 15 is 0 Å². The lowest BCUT2D eigenvalue weighted by Crippen LogP contribution is -2.29. The molecule has 0 aliphatic heterocycles. The van der Waals surface area contributed by atoms with Crippen molar-refractivity contribution in [1.29, 1.82) is 0 Å². The van der Waals surface area contributed by atoms with E-state index in [0.29, 0.717) is 5.41 Å². The van der Waals surface area contributed by atoms with E-state index in [1.807, 2.05) is 6.07 Å². The Hall–Kier alpha value is -1.52. The van der Waals surface area contributed by atoms with Crippen LogP contribution >= 0.6 is 0 Å². The Morgan fingerprint density at radius 2 is 1.84 bits per heavy atom. The highest BCUT2D eigenvalue weighted by Crippen LogP contribution is 2.27. The minimum Gasteiger partial charge on any atom is -0.271 e. The van der Waals surface area contributed by atoms with E-state index in [-0.39, 0.29) is 6.04 Å². The van der Waals surface area contributed by atoms with Crippen molar-refractivity contribution in [3.05, 3.63) is 36.2 Å². The van der Waals surface area contributed by atoms with Crippen molar-refractivity contribution in [1.82, 2.24) is 15.4 Å². The Kier molecular flexibility index (Phi) is 4.12. The van der Waals surface area contributed by atoms with Gasteiger partial charge in [-0.3, -0.25) is 21.2 Å². The number of benzene rings is 1. The van der Waals surface area contributed by atoms with Crippen LogP contribution in [0.15, 0.2) is 30.6 Å². The Balaban J connectivity index is 2.20. The van der Waals surface area contributed by atoms with Gasteiger partial charge in [0.2, 0.25) is 0 Å². The molecule has 0 saturated carbocycles.